The van der Waals surface area contributed by atoms with Gasteiger partial charge in [0.05, 0.1) is 12.7 Å². The fraction of sp³-hybridized carbons (Fsp3) is 1.00. The van der Waals surface area contributed by atoms with Crippen LogP contribution in [0.25, 0.3) is 0 Å². The van der Waals surface area contributed by atoms with Crippen LogP contribution in [0.4, 0.5) is 0 Å². The van der Waals surface area contributed by atoms with Crippen molar-refractivity contribution in [1.82, 2.24) is 0 Å². The summed E-state index contributed by atoms with van der Waals surface area (Å²) < 4.78 is 4.71. The molecule has 1 saturated heterocycles. The molecular weight excluding hydrogens is 79.0 g/mol. The molecular formula is C3H9AlO. The van der Waals surface area contributed by atoms with Crippen LogP contribution in [0.3, 0.4) is 0 Å². The van der Waals surface area contributed by atoms with Crippen LogP contribution in [0, 0.1) is 0 Å². The van der Waals surface area contributed by atoms with Crippen molar-refractivity contribution >= 4 is 17.4 Å². The molecule has 1 rings (SSSR count). The Balaban J connectivity index is 0.000000160. The first-order valence-corrected chi connectivity index (χ1v) is 1.51. The Hall–Kier alpha value is 0.492. The zero-order valence-corrected chi connectivity index (χ0v) is 2.69. The van der Waals surface area contributed by atoms with Crippen molar-refractivity contribution in [3.63, 3.8) is 0 Å². The van der Waals surface area contributed by atoms with Crippen LogP contribution < -0.4 is 0 Å². The van der Waals surface area contributed by atoms with Gasteiger partial charge in [0.15, 0.2) is 17.4 Å². The fourth-order valence-corrected chi connectivity index (χ4v) is 0.0962. The minimum Gasteiger partial charge on any atom is -0.373 e. The molecule has 2 heteroatoms. The number of hydrogen-bond donors (Lipinski definition) is 0. The fourth-order valence-electron chi connectivity index (χ4n) is 0.0962. The Labute approximate surface area is 42.5 Å². The quantitative estimate of drug-likeness (QED) is 0.279. The summed E-state index contributed by atoms with van der Waals surface area (Å²) in [6.07, 6.45) is 0.583. The zero-order chi connectivity index (χ0) is 2.99. The molecule has 1 nitrogen and oxygen atoms in total. The lowest BCUT2D eigenvalue weighted by Gasteiger charge is -1.50. The standard InChI is InChI=1S/C3H6O.Al.3H/c1-3-2-4-3;;;;/h3H,2H2,1H3;;;;. The van der Waals surface area contributed by atoms with Crippen molar-refractivity contribution in [1.29, 1.82) is 0 Å². The maximum Gasteiger partial charge on any atom is 0.187 e. The molecule has 0 spiro atoms. The van der Waals surface area contributed by atoms with Gasteiger partial charge in [0.1, 0.15) is 0 Å². The van der Waals surface area contributed by atoms with Gasteiger partial charge in [-0.05, 0) is 6.92 Å². The topological polar surface area (TPSA) is 12.5 Å². The first-order chi connectivity index (χ1) is 1.89. The molecule has 30 valence electrons. The predicted octanol–water partition coefficient (Wildman–Crippen LogP) is -0.779. The van der Waals surface area contributed by atoms with E-state index in [1.54, 1.807) is 0 Å². The van der Waals surface area contributed by atoms with E-state index in [4.69, 9.17) is 4.74 Å². The average molecular weight is 88.1 g/mol. The summed E-state index contributed by atoms with van der Waals surface area (Å²) in [5.41, 5.74) is 0. The Morgan fingerprint density at radius 2 is 2.00 bits per heavy atom. The molecule has 1 heterocycles. The van der Waals surface area contributed by atoms with E-state index < -0.39 is 0 Å². The largest absolute Gasteiger partial charge is 0.373 e. The molecule has 5 heavy (non-hydrogen) atoms. The van der Waals surface area contributed by atoms with E-state index in [1.165, 1.54) is 0 Å². The Bertz CT molecular complexity index is 26.1. The first-order valence-electron chi connectivity index (χ1n) is 1.51. The molecule has 1 aliphatic heterocycles. The van der Waals surface area contributed by atoms with Crippen molar-refractivity contribution in [2.45, 2.75) is 13.0 Å². The van der Waals surface area contributed by atoms with Crippen LogP contribution in [0.5, 0.6) is 0 Å². The summed E-state index contributed by atoms with van der Waals surface area (Å²) in [7, 11) is 0. The Kier molecular flexibility index (Phi) is 2.00. The number of rotatable bonds is 0. The van der Waals surface area contributed by atoms with E-state index >= 15 is 0 Å². The Morgan fingerprint density at radius 1 is 1.80 bits per heavy atom. The molecule has 0 radical (unpaired) electrons. The van der Waals surface area contributed by atoms with E-state index in [1.807, 2.05) is 0 Å². The summed E-state index contributed by atoms with van der Waals surface area (Å²) in [5, 5.41) is 0. The Morgan fingerprint density at radius 3 is 2.00 bits per heavy atom. The van der Waals surface area contributed by atoms with Gasteiger partial charge < -0.3 is 4.74 Å². The van der Waals surface area contributed by atoms with E-state index in [9.17, 15) is 0 Å². The number of hydrogen-bond acceptors (Lipinski definition) is 1. The maximum absolute atomic E-state index is 4.71. The highest BCUT2D eigenvalue weighted by atomic mass is 27.0. The summed E-state index contributed by atoms with van der Waals surface area (Å²) in [6.45, 7) is 3.04. The van der Waals surface area contributed by atoms with Crippen LogP contribution in [0.15, 0.2) is 0 Å². The molecule has 1 unspecified atom stereocenters. The third-order valence-corrected chi connectivity index (χ3v) is 0.500. The van der Waals surface area contributed by atoms with Crippen molar-refractivity contribution < 1.29 is 4.74 Å². The maximum atomic E-state index is 4.71. The van der Waals surface area contributed by atoms with E-state index in [-0.39, 0.29) is 17.4 Å². The van der Waals surface area contributed by atoms with Gasteiger partial charge in [0.2, 0.25) is 0 Å². The second-order valence-electron chi connectivity index (χ2n) is 1.14. The van der Waals surface area contributed by atoms with Crippen molar-refractivity contribution in [2.24, 2.45) is 0 Å². The predicted molar refractivity (Wildman–Crippen MR) is 25.4 cm³/mol. The molecule has 0 aromatic rings. The van der Waals surface area contributed by atoms with Crippen LogP contribution in [-0.4, -0.2) is 30.1 Å². The van der Waals surface area contributed by atoms with Gasteiger partial charge in [-0.25, -0.2) is 0 Å². The zero-order valence-electron chi connectivity index (χ0n) is 2.69. The van der Waals surface area contributed by atoms with Gasteiger partial charge >= 0.3 is 0 Å². The highest BCUT2D eigenvalue weighted by molar-refractivity contribution is 5.75. The highest BCUT2D eigenvalue weighted by Gasteiger charge is 2.13. The minimum atomic E-state index is 0. The minimum absolute atomic E-state index is 0. The molecule has 0 saturated carbocycles. The van der Waals surface area contributed by atoms with Crippen LogP contribution in [0.1, 0.15) is 6.92 Å². The monoisotopic (exact) mass is 88.0 g/mol. The van der Waals surface area contributed by atoms with Gasteiger partial charge in [-0.3, -0.25) is 0 Å². The van der Waals surface area contributed by atoms with Gasteiger partial charge in [-0.2, -0.15) is 0 Å². The van der Waals surface area contributed by atoms with Gasteiger partial charge in [-0.15, -0.1) is 0 Å². The molecule has 0 aromatic heterocycles. The lowest BCUT2D eigenvalue weighted by molar-refractivity contribution is 0.423. The van der Waals surface area contributed by atoms with Crippen LogP contribution in [0.2, 0.25) is 0 Å². The lowest BCUT2D eigenvalue weighted by atomic mass is 10.6. The van der Waals surface area contributed by atoms with Crippen molar-refractivity contribution in [3.05, 3.63) is 0 Å². The molecule has 0 aromatic carbocycles. The normalized spacial score (nSPS) is 31.8. The molecule has 0 bridgehead atoms. The molecule has 1 fully saturated rings. The van der Waals surface area contributed by atoms with Crippen molar-refractivity contribution in [3.8, 4) is 0 Å². The molecule has 0 N–H and O–H groups in total. The van der Waals surface area contributed by atoms with Crippen LogP contribution >= 0.6 is 0 Å². The number of ether oxygens (including phenoxy) is 1. The lowest BCUT2D eigenvalue weighted by Crippen LogP contribution is -1.60. The van der Waals surface area contributed by atoms with Gasteiger partial charge in [-0.1, -0.05) is 0 Å². The summed E-state index contributed by atoms with van der Waals surface area (Å²) in [6, 6.07) is 0. The van der Waals surface area contributed by atoms with Crippen LogP contribution in [-0.2, 0) is 4.74 Å². The number of epoxide rings is 1. The second kappa shape index (κ2) is 1.82. The molecule has 0 aliphatic carbocycles. The highest BCUT2D eigenvalue weighted by Crippen LogP contribution is 2.04. The SMILES string of the molecule is CC1CO1.[AlH3]. The third-order valence-electron chi connectivity index (χ3n) is 0.500. The van der Waals surface area contributed by atoms with E-state index in [0.29, 0.717) is 6.10 Å². The van der Waals surface area contributed by atoms with Gasteiger partial charge in [0.25, 0.3) is 0 Å². The smallest absolute Gasteiger partial charge is 0.187 e. The third kappa shape index (κ3) is 2.29. The summed E-state index contributed by atoms with van der Waals surface area (Å²) in [5.74, 6) is 0. The average Bonchev–Trinajstić information content (AvgIpc) is 1.75. The summed E-state index contributed by atoms with van der Waals surface area (Å²) >= 11 is 0. The molecule has 1 aliphatic rings. The molecule has 1 atom stereocenters. The van der Waals surface area contributed by atoms with E-state index in [2.05, 4.69) is 6.92 Å². The van der Waals surface area contributed by atoms with Crippen molar-refractivity contribution in [2.75, 3.05) is 6.61 Å². The first kappa shape index (κ1) is 5.49. The van der Waals surface area contributed by atoms with E-state index in [0.717, 1.165) is 6.61 Å². The summed E-state index contributed by atoms with van der Waals surface area (Å²) in [4.78, 5) is 0. The molecule has 0 amide bonds. The second-order valence-corrected chi connectivity index (χ2v) is 1.14. The van der Waals surface area contributed by atoms with Gasteiger partial charge in [0, 0.05) is 0 Å².